The van der Waals surface area contributed by atoms with Crippen molar-refractivity contribution in [1.29, 1.82) is 0 Å². The fraction of sp³-hybridized carbons (Fsp3) is 0.360. The Morgan fingerprint density at radius 1 is 0.903 bits per heavy atom. The Labute approximate surface area is 188 Å². The molecule has 0 N–H and O–H groups in total. The lowest BCUT2D eigenvalue weighted by molar-refractivity contribution is -0.121. The van der Waals surface area contributed by atoms with Crippen molar-refractivity contribution in [3.63, 3.8) is 0 Å². The summed E-state index contributed by atoms with van der Waals surface area (Å²) in [5.41, 5.74) is 5.12. The van der Waals surface area contributed by atoms with E-state index in [1.54, 1.807) is 12.1 Å². The molecule has 0 bridgehead atoms. The smallest absolute Gasteiger partial charge is 0.282 e. The summed E-state index contributed by atoms with van der Waals surface area (Å²) in [4.78, 5) is 30.7. The second-order valence-corrected chi connectivity index (χ2v) is 8.99. The van der Waals surface area contributed by atoms with Crippen molar-refractivity contribution < 1.29 is 14.3 Å². The van der Waals surface area contributed by atoms with Crippen LogP contribution in [0.2, 0.25) is 5.02 Å². The fourth-order valence-electron chi connectivity index (χ4n) is 4.46. The normalized spacial score (nSPS) is 22.0. The average molecular weight is 439 g/mol. The van der Waals surface area contributed by atoms with Gasteiger partial charge in [0.15, 0.2) is 0 Å². The van der Waals surface area contributed by atoms with Crippen LogP contribution in [0, 0.1) is 20.8 Å². The molecule has 2 atom stereocenters. The molecule has 2 aromatic carbocycles. The summed E-state index contributed by atoms with van der Waals surface area (Å²) in [6.07, 6.45) is -0.0789. The van der Waals surface area contributed by atoms with Gasteiger partial charge in [-0.15, -0.1) is 0 Å². The number of amides is 2. The second-order valence-electron chi connectivity index (χ2n) is 8.58. The number of anilines is 1. The molecule has 2 amide bonds. The van der Waals surface area contributed by atoms with E-state index >= 15 is 0 Å². The Hall–Kier alpha value is -2.63. The molecule has 0 aromatic heterocycles. The molecule has 5 nitrogen and oxygen atoms in total. The number of rotatable bonds is 3. The zero-order valence-corrected chi connectivity index (χ0v) is 19.3. The van der Waals surface area contributed by atoms with Crippen LogP contribution in [0.4, 0.5) is 5.69 Å². The van der Waals surface area contributed by atoms with Gasteiger partial charge < -0.3 is 9.64 Å². The number of nitrogens with zero attached hydrogens (tertiary/aromatic N) is 2. The topological polar surface area (TPSA) is 49.9 Å². The predicted octanol–water partition coefficient (Wildman–Crippen LogP) is 4.66. The number of benzene rings is 2. The van der Waals surface area contributed by atoms with E-state index in [0.717, 1.165) is 22.3 Å². The number of carbonyl (C=O) groups excluding carboxylic acids is 2. The van der Waals surface area contributed by atoms with Gasteiger partial charge in [-0.2, -0.15) is 0 Å². The van der Waals surface area contributed by atoms with Gasteiger partial charge in [0.1, 0.15) is 5.70 Å². The van der Waals surface area contributed by atoms with E-state index < -0.39 is 0 Å². The van der Waals surface area contributed by atoms with Gasteiger partial charge in [-0.25, -0.2) is 4.90 Å². The van der Waals surface area contributed by atoms with Crippen LogP contribution < -0.4 is 4.90 Å². The standard InChI is InChI=1S/C25H27ClN2O3/c1-14-6-9-20(16(3)10-14)22-23(27-12-17(4)31-18(5)13-27)25(30)28(24(22)29)19-8-7-15(2)21(26)11-19/h6-11,17-18H,12-13H2,1-5H3. The number of imide groups is 1. The van der Waals surface area contributed by atoms with Crippen LogP contribution in [0.1, 0.15) is 36.1 Å². The second kappa shape index (κ2) is 8.13. The van der Waals surface area contributed by atoms with Crippen molar-refractivity contribution in [2.45, 2.75) is 46.8 Å². The molecule has 2 heterocycles. The van der Waals surface area contributed by atoms with Gasteiger partial charge in [-0.05, 0) is 63.4 Å². The molecule has 4 rings (SSSR count). The molecule has 2 aromatic rings. The highest BCUT2D eigenvalue weighted by molar-refractivity contribution is 6.45. The number of aryl methyl sites for hydroxylation is 3. The highest BCUT2D eigenvalue weighted by atomic mass is 35.5. The van der Waals surface area contributed by atoms with Gasteiger partial charge in [-0.1, -0.05) is 41.4 Å². The van der Waals surface area contributed by atoms with E-state index in [-0.39, 0.29) is 24.0 Å². The number of halogens is 1. The SMILES string of the molecule is Cc1ccc(C2=C(N3CC(C)OC(C)C3)C(=O)N(c3ccc(C)c(Cl)c3)C2=O)c(C)c1. The van der Waals surface area contributed by atoms with E-state index in [9.17, 15) is 9.59 Å². The first-order valence-electron chi connectivity index (χ1n) is 10.5. The third kappa shape index (κ3) is 3.88. The van der Waals surface area contributed by atoms with E-state index in [2.05, 4.69) is 0 Å². The first-order valence-corrected chi connectivity index (χ1v) is 10.9. The minimum Gasteiger partial charge on any atom is -0.372 e. The Bertz CT molecular complexity index is 1100. The van der Waals surface area contributed by atoms with Crippen molar-refractivity contribution in [3.8, 4) is 0 Å². The molecule has 0 aliphatic carbocycles. The Morgan fingerprint density at radius 2 is 1.58 bits per heavy atom. The molecule has 2 aliphatic heterocycles. The van der Waals surface area contributed by atoms with Gasteiger partial charge in [0.2, 0.25) is 0 Å². The van der Waals surface area contributed by atoms with Crippen LogP contribution in [0.3, 0.4) is 0 Å². The number of hydrogen-bond acceptors (Lipinski definition) is 4. The fourth-order valence-corrected chi connectivity index (χ4v) is 4.64. The summed E-state index contributed by atoms with van der Waals surface area (Å²) in [7, 11) is 0. The van der Waals surface area contributed by atoms with Crippen molar-refractivity contribution >= 4 is 34.7 Å². The highest BCUT2D eigenvalue weighted by Gasteiger charge is 2.44. The quantitative estimate of drug-likeness (QED) is 0.654. The molecule has 0 spiro atoms. The van der Waals surface area contributed by atoms with Crippen molar-refractivity contribution in [2.75, 3.05) is 18.0 Å². The van der Waals surface area contributed by atoms with E-state index in [1.165, 1.54) is 4.90 Å². The van der Waals surface area contributed by atoms with Crippen LogP contribution in [-0.4, -0.2) is 42.0 Å². The van der Waals surface area contributed by atoms with Crippen LogP contribution in [-0.2, 0) is 14.3 Å². The van der Waals surface area contributed by atoms with Gasteiger partial charge in [0, 0.05) is 18.1 Å². The summed E-state index contributed by atoms with van der Waals surface area (Å²) in [5, 5.41) is 0.522. The summed E-state index contributed by atoms with van der Waals surface area (Å²) in [6, 6.07) is 11.2. The molecule has 1 fully saturated rings. The largest absolute Gasteiger partial charge is 0.372 e. The maximum atomic E-state index is 13.7. The molecule has 6 heteroatoms. The van der Waals surface area contributed by atoms with E-state index in [4.69, 9.17) is 16.3 Å². The third-order valence-electron chi connectivity index (χ3n) is 5.86. The van der Waals surface area contributed by atoms with Gasteiger partial charge in [0.25, 0.3) is 11.8 Å². The number of hydrogen-bond donors (Lipinski definition) is 0. The predicted molar refractivity (Wildman–Crippen MR) is 123 cm³/mol. The first-order chi connectivity index (χ1) is 14.7. The zero-order chi connectivity index (χ0) is 22.4. The molecular weight excluding hydrogens is 412 g/mol. The Morgan fingerprint density at radius 3 is 2.19 bits per heavy atom. The highest BCUT2D eigenvalue weighted by Crippen LogP contribution is 2.38. The molecular formula is C25H27ClN2O3. The summed E-state index contributed by atoms with van der Waals surface area (Å²) < 4.78 is 5.87. The molecule has 1 saturated heterocycles. The van der Waals surface area contributed by atoms with Gasteiger partial charge in [-0.3, -0.25) is 9.59 Å². The lowest BCUT2D eigenvalue weighted by atomic mass is 9.97. The third-order valence-corrected chi connectivity index (χ3v) is 6.27. The van der Waals surface area contributed by atoms with Gasteiger partial charge in [0.05, 0.1) is 23.5 Å². The molecule has 0 radical (unpaired) electrons. The van der Waals surface area contributed by atoms with E-state index in [0.29, 0.717) is 35.1 Å². The number of ether oxygens (including phenoxy) is 1. The maximum absolute atomic E-state index is 13.7. The molecule has 0 saturated carbocycles. The lowest BCUT2D eigenvalue weighted by Crippen LogP contribution is -2.47. The molecule has 2 aliphatic rings. The number of morpholine rings is 1. The molecule has 2 unspecified atom stereocenters. The van der Waals surface area contributed by atoms with Crippen LogP contribution >= 0.6 is 11.6 Å². The van der Waals surface area contributed by atoms with Crippen molar-refractivity contribution in [1.82, 2.24) is 4.90 Å². The number of carbonyl (C=O) groups is 2. The average Bonchev–Trinajstić information content (AvgIpc) is 2.94. The summed E-state index contributed by atoms with van der Waals surface area (Å²) in [6.45, 7) is 10.9. The van der Waals surface area contributed by atoms with Crippen LogP contribution in [0.5, 0.6) is 0 Å². The van der Waals surface area contributed by atoms with Crippen LogP contribution in [0.25, 0.3) is 5.57 Å². The first kappa shape index (κ1) is 21.6. The molecule has 162 valence electrons. The maximum Gasteiger partial charge on any atom is 0.282 e. The van der Waals surface area contributed by atoms with Crippen molar-refractivity contribution in [3.05, 3.63) is 69.4 Å². The minimum absolute atomic E-state index is 0.0395. The lowest BCUT2D eigenvalue weighted by Gasteiger charge is -2.37. The van der Waals surface area contributed by atoms with Gasteiger partial charge >= 0.3 is 0 Å². The summed E-state index contributed by atoms with van der Waals surface area (Å²) in [5.74, 6) is -0.639. The van der Waals surface area contributed by atoms with Crippen LogP contribution in [0.15, 0.2) is 42.1 Å². The summed E-state index contributed by atoms with van der Waals surface area (Å²) >= 11 is 6.32. The molecule has 31 heavy (non-hydrogen) atoms. The zero-order valence-electron chi connectivity index (χ0n) is 18.5. The van der Waals surface area contributed by atoms with E-state index in [1.807, 2.05) is 63.8 Å². The monoisotopic (exact) mass is 438 g/mol. The minimum atomic E-state index is -0.321. The Balaban J connectivity index is 1.87. The van der Waals surface area contributed by atoms with Crippen molar-refractivity contribution in [2.24, 2.45) is 0 Å². The Kier molecular flexibility index (Phi) is 5.67.